The maximum absolute atomic E-state index is 11.2. The number of ether oxygens (including phenoxy) is 1. The number of carbonyl (C=O) groups excluding carboxylic acids is 1. The Kier molecular flexibility index (Phi) is 6.11. The lowest BCUT2D eigenvalue weighted by atomic mass is 10.0. The third-order valence-corrected chi connectivity index (χ3v) is 3.27. The number of aliphatic hydroxyl groups excluding tert-OH is 4. The van der Waals surface area contributed by atoms with E-state index in [1.807, 2.05) is 0 Å². The predicted molar refractivity (Wildman–Crippen MR) is 62.2 cm³/mol. The second kappa shape index (κ2) is 7.13. The fourth-order valence-corrected chi connectivity index (χ4v) is 2.28. The topological polar surface area (TPSA) is 131 Å². The summed E-state index contributed by atoms with van der Waals surface area (Å²) < 4.78 is 4.72. The lowest BCUT2D eigenvalue weighted by molar-refractivity contribution is -0.177. The van der Waals surface area contributed by atoms with Gasteiger partial charge in [-0.2, -0.15) is 5.06 Å². The van der Waals surface area contributed by atoms with Crippen LogP contribution in [0.4, 0.5) is 0 Å². The third-order valence-electron chi connectivity index (χ3n) is 3.27. The van der Waals surface area contributed by atoms with Crippen LogP contribution in [0.3, 0.4) is 0 Å². The van der Waals surface area contributed by atoms with Gasteiger partial charge in [0, 0.05) is 6.42 Å². The van der Waals surface area contributed by atoms with Gasteiger partial charge in [-0.3, -0.25) is 4.79 Å². The van der Waals surface area contributed by atoms with Gasteiger partial charge in [-0.15, -0.1) is 0 Å². The molecule has 0 amide bonds. The van der Waals surface area contributed by atoms with Crippen molar-refractivity contribution in [3.63, 3.8) is 0 Å². The van der Waals surface area contributed by atoms with Gasteiger partial charge < -0.3 is 30.4 Å². The maximum atomic E-state index is 11.2. The van der Waals surface area contributed by atoms with Gasteiger partial charge in [0.25, 0.3) is 0 Å². The first kappa shape index (κ1) is 16.3. The molecule has 0 saturated carbocycles. The number of rotatable bonds is 6. The molecule has 0 aromatic rings. The molecular formula is C11H21NO7. The van der Waals surface area contributed by atoms with Crippen LogP contribution in [-0.2, 0) is 9.53 Å². The Morgan fingerprint density at radius 1 is 1.37 bits per heavy atom. The summed E-state index contributed by atoms with van der Waals surface area (Å²) in [6.45, 7) is 1.25. The Morgan fingerprint density at radius 2 is 2.00 bits per heavy atom. The highest BCUT2D eigenvalue weighted by atomic mass is 16.5. The van der Waals surface area contributed by atoms with E-state index in [1.165, 1.54) is 0 Å². The Balaban J connectivity index is 2.61. The van der Waals surface area contributed by atoms with E-state index in [4.69, 9.17) is 9.84 Å². The molecule has 8 heteroatoms. The number of esters is 1. The molecule has 8 nitrogen and oxygen atoms in total. The van der Waals surface area contributed by atoms with Gasteiger partial charge in [-0.25, -0.2) is 0 Å². The van der Waals surface area contributed by atoms with Gasteiger partial charge >= 0.3 is 5.97 Å². The molecule has 5 N–H and O–H groups in total. The molecule has 0 bridgehead atoms. The van der Waals surface area contributed by atoms with E-state index in [-0.39, 0.29) is 19.4 Å². The smallest absolute Gasteiger partial charge is 0.305 e. The van der Waals surface area contributed by atoms with Gasteiger partial charge in [-0.05, 0) is 13.3 Å². The minimum atomic E-state index is -1.40. The van der Waals surface area contributed by atoms with E-state index in [9.17, 15) is 25.3 Å². The summed E-state index contributed by atoms with van der Waals surface area (Å²) in [5.74, 6) is -0.469. The van der Waals surface area contributed by atoms with Gasteiger partial charge in [0.2, 0.25) is 0 Å². The van der Waals surface area contributed by atoms with E-state index in [1.54, 1.807) is 6.92 Å². The average molecular weight is 279 g/mol. The van der Waals surface area contributed by atoms with Crippen LogP contribution < -0.4 is 0 Å². The summed E-state index contributed by atoms with van der Waals surface area (Å²) in [7, 11) is 0. The minimum Gasteiger partial charge on any atom is -0.466 e. The summed E-state index contributed by atoms with van der Waals surface area (Å²) in [5, 5.41) is 48.3. The molecular weight excluding hydrogens is 258 g/mol. The highest BCUT2D eigenvalue weighted by molar-refractivity contribution is 5.69. The fraction of sp³-hybridized carbons (Fsp3) is 0.909. The second-order valence-electron chi connectivity index (χ2n) is 4.51. The van der Waals surface area contributed by atoms with Crippen LogP contribution in [0.25, 0.3) is 0 Å². The van der Waals surface area contributed by atoms with Crippen molar-refractivity contribution in [1.29, 1.82) is 0 Å². The van der Waals surface area contributed by atoms with E-state index in [0.29, 0.717) is 5.06 Å². The van der Waals surface area contributed by atoms with Crippen molar-refractivity contribution in [2.24, 2.45) is 0 Å². The zero-order valence-electron chi connectivity index (χ0n) is 10.7. The fourth-order valence-electron chi connectivity index (χ4n) is 2.28. The number of hydrogen-bond donors (Lipinski definition) is 5. The Labute approximate surface area is 110 Å². The summed E-state index contributed by atoms with van der Waals surface area (Å²) in [6.07, 6.45) is -4.06. The van der Waals surface area contributed by atoms with Gasteiger partial charge in [-0.1, -0.05) is 0 Å². The van der Waals surface area contributed by atoms with E-state index < -0.39 is 43.0 Å². The van der Waals surface area contributed by atoms with Crippen molar-refractivity contribution in [2.45, 2.75) is 50.2 Å². The number of hydroxylamine groups is 2. The summed E-state index contributed by atoms with van der Waals surface area (Å²) >= 11 is 0. The molecule has 1 aliphatic heterocycles. The van der Waals surface area contributed by atoms with Crippen molar-refractivity contribution >= 4 is 5.97 Å². The van der Waals surface area contributed by atoms with Crippen molar-refractivity contribution in [2.75, 3.05) is 13.2 Å². The van der Waals surface area contributed by atoms with E-state index in [2.05, 4.69) is 0 Å². The average Bonchev–Trinajstić information content (AvgIpc) is 2.58. The number of carbonyl (C=O) groups is 1. The maximum Gasteiger partial charge on any atom is 0.305 e. The number of aliphatic hydroxyl groups is 4. The van der Waals surface area contributed by atoms with Crippen LogP contribution in [0.5, 0.6) is 0 Å². The monoisotopic (exact) mass is 279 g/mol. The lowest BCUT2D eigenvalue weighted by Crippen LogP contribution is -2.46. The van der Waals surface area contributed by atoms with Crippen LogP contribution in [0, 0.1) is 0 Å². The molecule has 1 saturated heterocycles. The summed E-state index contributed by atoms with van der Waals surface area (Å²) in [4.78, 5) is 11.2. The van der Waals surface area contributed by atoms with Crippen molar-refractivity contribution in [3.05, 3.63) is 0 Å². The third kappa shape index (κ3) is 3.62. The molecule has 1 aliphatic rings. The zero-order chi connectivity index (χ0) is 14.6. The summed E-state index contributed by atoms with van der Waals surface area (Å²) in [6, 6.07) is -2.09. The SMILES string of the molecule is CCOC(=O)CC[C@H]1[C@H](O)[C@@H](O)[C@H]([C@H](O)CO)N1O. The number of nitrogens with zero attached hydrogens (tertiary/aromatic N) is 1. The van der Waals surface area contributed by atoms with Crippen LogP contribution in [-0.4, -0.2) is 80.3 Å². The van der Waals surface area contributed by atoms with Crippen LogP contribution in [0.2, 0.25) is 0 Å². The van der Waals surface area contributed by atoms with Gasteiger partial charge in [0.05, 0.1) is 37.5 Å². The normalized spacial score (nSPS) is 33.4. The molecule has 1 rings (SSSR count). The van der Waals surface area contributed by atoms with Crippen LogP contribution in [0.1, 0.15) is 19.8 Å². The first-order chi connectivity index (χ1) is 8.93. The molecule has 0 spiro atoms. The standard InChI is InChI=1S/C11H21NO7/c1-2-19-8(15)4-3-6-10(16)11(17)9(12(6)18)7(14)5-13/h6-7,9-11,13-14,16-18H,2-5H2,1H3/t6-,7+,9-,10-,11-/m0/s1. The quantitative estimate of drug-likeness (QED) is 0.348. The van der Waals surface area contributed by atoms with Crippen molar-refractivity contribution < 1.29 is 35.2 Å². The molecule has 1 heterocycles. The predicted octanol–water partition coefficient (Wildman–Crippen LogP) is -2.15. The molecule has 112 valence electrons. The molecule has 19 heavy (non-hydrogen) atoms. The molecule has 0 aromatic heterocycles. The molecule has 0 aliphatic carbocycles. The number of hydrogen-bond acceptors (Lipinski definition) is 8. The molecule has 0 aromatic carbocycles. The van der Waals surface area contributed by atoms with Crippen molar-refractivity contribution in [3.8, 4) is 0 Å². The molecule has 1 fully saturated rings. The van der Waals surface area contributed by atoms with Crippen molar-refractivity contribution in [1.82, 2.24) is 5.06 Å². The molecule has 0 radical (unpaired) electrons. The largest absolute Gasteiger partial charge is 0.466 e. The minimum absolute atomic E-state index is 0.0265. The Morgan fingerprint density at radius 3 is 2.53 bits per heavy atom. The first-order valence-corrected chi connectivity index (χ1v) is 6.21. The van der Waals surface area contributed by atoms with Crippen LogP contribution in [0.15, 0.2) is 0 Å². The highest BCUT2D eigenvalue weighted by Crippen LogP contribution is 2.28. The van der Waals surface area contributed by atoms with Crippen LogP contribution >= 0.6 is 0 Å². The van der Waals surface area contributed by atoms with Gasteiger partial charge in [0.15, 0.2) is 0 Å². The lowest BCUT2D eigenvalue weighted by Gasteiger charge is -2.26. The first-order valence-electron chi connectivity index (χ1n) is 6.21. The Bertz CT molecular complexity index is 301. The Hall–Kier alpha value is -0.770. The van der Waals surface area contributed by atoms with Gasteiger partial charge in [0.1, 0.15) is 6.10 Å². The highest BCUT2D eigenvalue weighted by Gasteiger charge is 2.50. The zero-order valence-corrected chi connectivity index (χ0v) is 10.7. The molecule has 5 atom stereocenters. The van der Waals surface area contributed by atoms with E-state index >= 15 is 0 Å². The second-order valence-corrected chi connectivity index (χ2v) is 4.51. The van der Waals surface area contributed by atoms with E-state index in [0.717, 1.165) is 0 Å². The summed E-state index contributed by atoms with van der Waals surface area (Å²) in [5.41, 5.74) is 0. The molecule has 0 unspecified atom stereocenters.